The van der Waals surface area contributed by atoms with Gasteiger partial charge in [0.25, 0.3) is 0 Å². The van der Waals surface area contributed by atoms with Crippen LogP contribution in [0.2, 0.25) is 0 Å². The van der Waals surface area contributed by atoms with Crippen LogP contribution in [0.5, 0.6) is 0 Å². The Balaban J connectivity index is 1.55. The Kier molecular flexibility index (Phi) is 4.34. The molecule has 0 spiro atoms. The van der Waals surface area contributed by atoms with Crippen LogP contribution in [0.4, 0.5) is 11.5 Å². The fourth-order valence-electron chi connectivity index (χ4n) is 2.21. The summed E-state index contributed by atoms with van der Waals surface area (Å²) in [6.07, 6.45) is 5.45. The lowest BCUT2D eigenvalue weighted by Crippen LogP contribution is -2.04. The number of hydrogen-bond donors (Lipinski definition) is 2. The van der Waals surface area contributed by atoms with Gasteiger partial charge >= 0.3 is 0 Å². The Bertz CT molecular complexity index is 576. The van der Waals surface area contributed by atoms with Crippen LogP contribution in [0.1, 0.15) is 43.5 Å². The van der Waals surface area contributed by atoms with Gasteiger partial charge in [0, 0.05) is 30.9 Å². The van der Waals surface area contributed by atoms with E-state index in [0.717, 1.165) is 31.2 Å². The SMILES string of the molecule is CCCNc1ccc(CNc2ccnc(C3CC3)n2)cc1. The molecule has 4 nitrogen and oxygen atoms in total. The highest BCUT2D eigenvalue weighted by Gasteiger charge is 2.26. The van der Waals surface area contributed by atoms with E-state index in [4.69, 9.17) is 0 Å². The molecule has 0 amide bonds. The van der Waals surface area contributed by atoms with E-state index in [1.165, 1.54) is 24.1 Å². The third-order valence-corrected chi connectivity index (χ3v) is 3.62. The fourth-order valence-corrected chi connectivity index (χ4v) is 2.21. The maximum Gasteiger partial charge on any atom is 0.133 e. The van der Waals surface area contributed by atoms with E-state index in [-0.39, 0.29) is 0 Å². The molecule has 4 heteroatoms. The minimum atomic E-state index is 0.593. The Morgan fingerprint density at radius 3 is 2.62 bits per heavy atom. The molecule has 0 radical (unpaired) electrons. The van der Waals surface area contributed by atoms with Crippen molar-refractivity contribution in [2.24, 2.45) is 0 Å². The van der Waals surface area contributed by atoms with Crippen LogP contribution in [0.25, 0.3) is 0 Å². The van der Waals surface area contributed by atoms with Crippen LogP contribution in [0, 0.1) is 0 Å². The lowest BCUT2D eigenvalue weighted by atomic mass is 10.2. The molecule has 110 valence electrons. The normalized spacial score (nSPS) is 14.0. The van der Waals surface area contributed by atoms with Crippen molar-refractivity contribution in [3.05, 3.63) is 47.9 Å². The number of rotatable bonds is 7. The first-order chi connectivity index (χ1) is 10.3. The molecule has 3 rings (SSSR count). The van der Waals surface area contributed by atoms with Gasteiger partial charge in [-0.1, -0.05) is 19.1 Å². The van der Waals surface area contributed by atoms with E-state index in [2.05, 4.69) is 51.8 Å². The van der Waals surface area contributed by atoms with Crippen LogP contribution in [-0.4, -0.2) is 16.5 Å². The Labute approximate surface area is 126 Å². The van der Waals surface area contributed by atoms with Crippen molar-refractivity contribution in [1.82, 2.24) is 9.97 Å². The highest BCUT2D eigenvalue weighted by molar-refractivity contribution is 5.45. The van der Waals surface area contributed by atoms with Crippen LogP contribution in [0.15, 0.2) is 36.5 Å². The maximum absolute atomic E-state index is 4.57. The van der Waals surface area contributed by atoms with Crippen LogP contribution in [0.3, 0.4) is 0 Å². The van der Waals surface area contributed by atoms with E-state index in [9.17, 15) is 0 Å². The lowest BCUT2D eigenvalue weighted by molar-refractivity contribution is 0.921. The Morgan fingerprint density at radius 2 is 1.90 bits per heavy atom. The molecule has 0 saturated heterocycles. The topological polar surface area (TPSA) is 49.8 Å². The van der Waals surface area contributed by atoms with Crippen molar-refractivity contribution < 1.29 is 0 Å². The van der Waals surface area contributed by atoms with Gasteiger partial charge in [0.15, 0.2) is 0 Å². The summed E-state index contributed by atoms with van der Waals surface area (Å²) >= 11 is 0. The molecular formula is C17H22N4. The van der Waals surface area contributed by atoms with Crippen molar-refractivity contribution in [3.63, 3.8) is 0 Å². The smallest absolute Gasteiger partial charge is 0.133 e. The summed E-state index contributed by atoms with van der Waals surface area (Å²) in [5.41, 5.74) is 2.43. The van der Waals surface area contributed by atoms with Crippen LogP contribution in [-0.2, 0) is 6.54 Å². The highest BCUT2D eigenvalue weighted by Crippen LogP contribution is 2.38. The monoisotopic (exact) mass is 282 g/mol. The van der Waals surface area contributed by atoms with Gasteiger partial charge in [0.05, 0.1) is 0 Å². The third-order valence-electron chi connectivity index (χ3n) is 3.62. The van der Waals surface area contributed by atoms with Gasteiger partial charge in [-0.2, -0.15) is 0 Å². The molecule has 0 aliphatic heterocycles. The van der Waals surface area contributed by atoms with E-state index in [1.807, 2.05) is 12.3 Å². The molecule has 21 heavy (non-hydrogen) atoms. The van der Waals surface area contributed by atoms with Gasteiger partial charge in [-0.3, -0.25) is 0 Å². The molecule has 2 N–H and O–H groups in total. The Hall–Kier alpha value is -2.10. The number of nitrogens with zero attached hydrogens (tertiary/aromatic N) is 2. The summed E-state index contributed by atoms with van der Waals surface area (Å²) in [6.45, 7) is 3.97. The van der Waals surface area contributed by atoms with Gasteiger partial charge in [0.2, 0.25) is 0 Å². The number of anilines is 2. The predicted octanol–water partition coefficient (Wildman–Crippen LogP) is 3.79. The van der Waals surface area contributed by atoms with E-state index < -0.39 is 0 Å². The van der Waals surface area contributed by atoms with Gasteiger partial charge in [-0.25, -0.2) is 9.97 Å². The summed E-state index contributed by atoms with van der Waals surface area (Å²) < 4.78 is 0. The minimum absolute atomic E-state index is 0.593. The van der Waals surface area contributed by atoms with Crippen molar-refractivity contribution in [3.8, 4) is 0 Å². The van der Waals surface area contributed by atoms with Crippen LogP contribution >= 0.6 is 0 Å². The molecule has 1 saturated carbocycles. The average Bonchev–Trinajstić information content (AvgIpc) is 3.37. The van der Waals surface area contributed by atoms with E-state index in [1.54, 1.807) is 0 Å². The van der Waals surface area contributed by atoms with Gasteiger partial charge < -0.3 is 10.6 Å². The number of hydrogen-bond acceptors (Lipinski definition) is 4. The zero-order valence-corrected chi connectivity index (χ0v) is 12.5. The first kappa shape index (κ1) is 13.9. The molecule has 1 fully saturated rings. The second kappa shape index (κ2) is 6.57. The van der Waals surface area contributed by atoms with Gasteiger partial charge in [-0.15, -0.1) is 0 Å². The van der Waals surface area contributed by atoms with Crippen LogP contribution < -0.4 is 10.6 Å². The van der Waals surface area contributed by atoms with Gasteiger partial charge in [-0.05, 0) is 43.0 Å². The molecular weight excluding hydrogens is 260 g/mol. The molecule has 1 aromatic carbocycles. The van der Waals surface area contributed by atoms with Gasteiger partial charge in [0.1, 0.15) is 11.6 Å². The predicted molar refractivity (Wildman–Crippen MR) is 86.6 cm³/mol. The minimum Gasteiger partial charge on any atom is -0.385 e. The molecule has 1 aliphatic carbocycles. The number of nitrogens with one attached hydrogen (secondary N) is 2. The quantitative estimate of drug-likeness (QED) is 0.811. The summed E-state index contributed by atoms with van der Waals surface area (Å²) in [6, 6.07) is 10.5. The fraction of sp³-hybridized carbons (Fsp3) is 0.412. The van der Waals surface area contributed by atoms with Crippen molar-refractivity contribution in [1.29, 1.82) is 0 Å². The van der Waals surface area contributed by atoms with E-state index in [0.29, 0.717) is 5.92 Å². The van der Waals surface area contributed by atoms with Crippen molar-refractivity contribution in [2.45, 2.75) is 38.6 Å². The second-order valence-electron chi connectivity index (χ2n) is 5.55. The second-order valence-corrected chi connectivity index (χ2v) is 5.55. The summed E-state index contributed by atoms with van der Waals surface area (Å²) in [5.74, 6) is 2.50. The molecule has 0 atom stereocenters. The zero-order chi connectivity index (χ0) is 14.5. The molecule has 2 aromatic rings. The molecule has 1 heterocycles. The highest BCUT2D eigenvalue weighted by atomic mass is 15.0. The third kappa shape index (κ3) is 3.94. The first-order valence-electron chi connectivity index (χ1n) is 7.75. The number of benzene rings is 1. The first-order valence-corrected chi connectivity index (χ1v) is 7.75. The van der Waals surface area contributed by atoms with Crippen molar-refractivity contribution in [2.75, 3.05) is 17.2 Å². The standard InChI is InChI=1S/C17H22N4/c1-2-10-18-15-7-3-13(4-8-15)12-20-16-9-11-19-17(21-16)14-5-6-14/h3-4,7-9,11,14,18H,2,5-6,10,12H2,1H3,(H,19,20,21). The van der Waals surface area contributed by atoms with Crippen molar-refractivity contribution >= 4 is 11.5 Å². The largest absolute Gasteiger partial charge is 0.385 e. The molecule has 1 aliphatic rings. The summed E-state index contributed by atoms with van der Waals surface area (Å²) in [4.78, 5) is 8.91. The average molecular weight is 282 g/mol. The number of aromatic nitrogens is 2. The molecule has 0 unspecified atom stereocenters. The lowest BCUT2D eigenvalue weighted by Gasteiger charge is -2.08. The zero-order valence-electron chi connectivity index (χ0n) is 12.5. The Morgan fingerprint density at radius 1 is 1.10 bits per heavy atom. The maximum atomic E-state index is 4.57. The summed E-state index contributed by atoms with van der Waals surface area (Å²) in [5, 5.41) is 6.76. The van der Waals surface area contributed by atoms with E-state index >= 15 is 0 Å². The summed E-state index contributed by atoms with van der Waals surface area (Å²) in [7, 11) is 0. The molecule has 0 bridgehead atoms. The molecule has 1 aromatic heterocycles.